The molecule has 1 atom stereocenters. The molecular weight excluding hydrogens is 272 g/mol. The van der Waals surface area contributed by atoms with Crippen LogP contribution in [0.5, 0.6) is 0 Å². The second-order valence-electron chi connectivity index (χ2n) is 4.63. The Hall–Kier alpha value is -0.720. The zero-order valence-electron chi connectivity index (χ0n) is 10.6. The van der Waals surface area contributed by atoms with Crippen LogP contribution in [0.1, 0.15) is 37.6 Å². The molecule has 0 bridgehead atoms. The van der Waals surface area contributed by atoms with Gasteiger partial charge in [-0.05, 0) is 19.4 Å². The lowest BCUT2D eigenvalue weighted by Gasteiger charge is -2.21. The van der Waals surface area contributed by atoms with Crippen molar-refractivity contribution in [1.29, 1.82) is 0 Å². The van der Waals surface area contributed by atoms with Crippen LogP contribution in [-0.2, 0) is 4.79 Å². The monoisotopic (exact) mass is 290 g/mol. The molecule has 5 nitrogen and oxygen atoms in total. The summed E-state index contributed by atoms with van der Waals surface area (Å²) in [7, 11) is 0. The molecule has 0 spiro atoms. The Labute approximate surface area is 117 Å². The molecule has 1 fully saturated rings. The predicted molar refractivity (Wildman–Crippen MR) is 75.5 cm³/mol. The Morgan fingerprint density at radius 1 is 1.50 bits per heavy atom. The van der Waals surface area contributed by atoms with Gasteiger partial charge in [-0.15, -0.1) is 22.6 Å². The molecule has 7 heteroatoms. The highest BCUT2D eigenvalue weighted by Gasteiger charge is 2.22. The zero-order valence-corrected chi connectivity index (χ0v) is 12.2. The molecule has 2 heterocycles. The average molecular weight is 291 g/mol. The van der Waals surface area contributed by atoms with Crippen LogP contribution >= 0.6 is 23.7 Å². The van der Waals surface area contributed by atoms with Crippen LogP contribution in [0, 0.1) is 5.92 Å². The zero-order chi connectivity index (χ0) is 12.3. The standard InChI is InChI=1S/C11H18N4OS.ClH/c1-7(2)10-14-15-11(17-10)13-9(16)8-4-3-5-12-6-8;/h7-8,12H,3-6H2,1-2H3,(H,13,15,16);1H. The van der Waals surface area contributed by atoms with Crippen LogP contribution in [-0.4, -0.2) is 29.2 Å². The van der Waals surface area contributed by atoms with Crippen molar-refractivity contribution >= 4 is 34.8 Å². The summed E-state index contributed by atoms with van der Waals surface area (Å²) < 4.78 is 0. The summed E-state index contributed by atoms with van der Waals surface area (Å²) >= 11 is 1.46. The number of amides is 1. The van der Waals surface area contributed by atoms with Crippen LogP contribution in [0.4, 0.5) is 5.13 Å². The van der Waals surface area contributed by atoms with Gasteiger partial charge < -0.3 is 10.6 Å². The molecule has 1 unspecified atom stereocenters. The van der Waals surface area contributed by atoms with E-state index in [9.17, 15) is 4.79 Å². The van der Waals surface area contributed by atoms with Gasteiger partial charge in [0, 0.05) is 12.5 Å². The van der Waals surface area contributed by atoms with Crippen molar-refractivity contribution in [3.05, 3.63) is 5.01 Å². The van der Waals surface area contributed by atoms with E-state index >= 15 is 0 Å². The van der Waals surface area contributed by atoms with E-state index in [1.54, 1.807) is 0 Å². The molecule has 1 aromatic rings. The fraction of sp³-hybridized carbons (Fsp3) is 0.727. The number of aromatic nitrogens is 2. The maximum Gasteiger partial charge on any atom is 0.230 e. The van der Waals surface area contributed by atoms with E-state index < -0.39 is 0 Å². The van der Waals surface area contributed by atoms with E-state index in [1.165, 1.54) is 11.3 Å². The van der Waals surface area contributed by atoms with Crippen molar-refractivity contribution in [3.63, 3.8) is 0 Å². The molecule has 1 aromatic heterocycles. The molecule has 2 rings (SSSR count). The van der Waals surface area contributed by atoms with Gasteiger partial charge in [0.25, 0.3) is 0 Å². The van der Waals surface area contributed by atoms with Gasteiger partial charge in [0.05, 0.1) is 5.92 Å². The number of hydrogen-bond acceptors (Lipinski definition) is 5. The summed E-state index contributed by atoms with van der Waals surface area (Å²) in [5.74, 6) is 0.480. The molecule has 0 aliphatic carbocycles. The first-order chi connectivity index (χ1) is 8.16. The van der Waals surface area contributed by atoms with Crippen molar-refractivity contribution in [3.8, 4) is 0 Å². The Morgan fingerprint density at radius 2 is 2.28 bits per heavy atom. The first-order valence-electron chi connectivity index (χ1n) is 6.02. The molecule has 0 radical (unpaired) electrons. The average Bonchev–Trinajstić information content (AvgIpc) is 2.79. The van der Waals surface area contributed by atoms with E-state index in [-0.39, 0.29) is 24.2 Å². The van der Waals surface area contributed by atoms with Crippen LogP contribution in [0.3, 0.4) is 0 Å². The summed E-state index contributed by atoms with van der Waals surface area (Å²) in [4.78, 5) is 11.9. The van der Waals surface area contributed by atoms with Gasteiger partial charge in [0.1, 0.15) is 5.01 Å². The second-order valence-corrected chi connectivity index (χ2v) is 5.64. The van der Waals surface area contributed by atoms with E-state index in [0.29, 0.717) is 11.0 Å². The number of carbonyl (C=O) groups is 1. The Kier molecular flexibility index (Phi) is 5.98. The van der Waals surface area contributed by atoms with E-state index in [1.807, 2.05) is 0 Å². The number of carbonyl (C=O) groups excluding carboxylic acids is 1. The number of piperidine rings is 1. The highest BCUT2D eigenvalue weighted by molar-refractivity contribution is 7.15. The molecule has 1 aliphatic heterocycles. The molecule has 0 aromatic carbocycles. The van der Waals surface area contributed by atoms with Gasteiger partial charge in [0.15, 0.2) is 0 Å². The normalized spacial score (nSPS) is 19.4. The van der Waals surface area contributed by atoms with Crippen molar-refractivity contribution in [2.24, 2.45) is 5.92 Å². The number of rotatable bonds is 3. The molecule has 1 amide bonds. The highest BCUT2D eigenvalue weighted by atomic mass is 35.5. The number of nitrogens with zero attached hydrogens (tertiary/aromatic N) is 2. The fourth-order valence-corrected chi connectivity index (χ4v) is 2.55. The van der Waals surface area contributed by atoms with Gasteiger partial charge in [-0.25, -0.2) is 0 Å². The van der Waals surface area contributed by atoms with E-state index in [2.05, 4.69) is 34.7 Å². The van der Waals surface area contributed by atoms with Crippen molar-refractivity contribution in [1.82, 2.24) is 15.5 Å². The van der Waals surface area contributed by atoms with Gasteiger partial charge >= 0.3 is 0 Å². The second kappa shape index (κ2) is 7.01. The lowest BCUT2D eigenvalue weighted by molar-refractivity contribution is -0.120. The lowest BCUT2D eigenvalue weighted by Crippen LogP contribution is -2.37. The third kappa shape index (κ3) is 3.90. The van der Waals surface area contributed by atoms with Gasteiger partial charge in [0.2, 0.25) is 11.0 Å². The van der Waals surface area contributed by atoms with Crippen LogP contribution < -0.4 is 10.6 Å². The minimum atomic E-state index is 0. The van der Waals surface area contributed by atoms with Crippen LogP contribution in [0.2, 0.25) is 0 Å². The summed E-state index contributed by atoms with van der Waals surface area (Å²) in [5.41, 5.74) is 0. The minimum Gasteiger partial charge on any atom is -0.316 e. The maximum absolute atomic E-state index is 11.9. The summed E-state index contributed by atoms with van der Waals surface area (Å²) in [6.45, 7) is 5.91. The number of nitrogens with one attached hydrogen (secondary N) is 2. The number of hydrogen-bond donors (Lipinski definition) is 2. The Morgan fingerprint density at radius 3 is 2.83 bits per heavy atom. The predicted octanol–water partition coefficient (Wildman–Crippen LogP) is 2.02. The molecule has 1 saturated heterocycles. The minimum absolute atomic E-state index is 0. The SMILES string of the molecule is CC(C)c1nnc(NC(=O)C2CCCNC2)s1.Cl. The van der Waals surface area contributed by atoms with Gasteiger partial charge in [-0.2, -0.15) is 0 Å². The fourth-order valence-electron chi connectivity index (χ4n) is 1.80. The van der Waals surface area contributed by atoms with Crippen LogP contribution in [0.15, 0.2) is 0 Å². The largest absolute Gasteiger partial charge is 0.316 e. The number of halogens is 1. The smallest absolute Gasteiger partial charge is 0.230 e. The molecule has 2 N–H and O–H groups in total. The summed E-state index contributed by atoms with van der Waals surface area (Å²) in [6, 6.07) is 0. The summed E-state index contributed by atoms with van der Waals surface area (Å²) in [6.07, 6.45) is 2.01. The number of anilines is 1. The summed E-state index contributed by atoms with van der Waals surface area (Å²) in [5, 5.41) is 15.7. The van der Waals surface area contributed by atoms with E-state index in [0.717, 1.165) is 30.9 Å². The van der Waals surface area contributed by atoms with Crippen molar-refractivity contribution < 1.29 is 4.79 Å². The highest BCUT2D eigenvalue weighted by Crippen LogP contribution is 2.23. The first kappa shape index (κ1) is 15.3. The van der Waals surface area contributed by atoms with Gasteiger partial charge in [-0.3, -0.25) is 4.79 Å². The first-order valence-corrected chi connectivity index (χ1v) is 6.83. The van der Waals surface area contributed by atoms with Crippen molar-refractivity contribution in [2.75, 3.05) is 18.4 Å². The van der Waals surface area contributed by atoms with Crippen molar-refractivity contribution in [2.45, 2.75) is 32.6 Å². The maximum atomic E-state index is 11.9. The Balaban J connectivity index is 0.00000162. The Bertz CT molecular complexity index is 390. The molecule has 1 aliphatic rings. The molecule has 102 valence electrons. The third-order valence-corrected chi connectivity index (χ3v) is 3.97. The third-order valence-electron chi connectivity index (χ3n) is 2.83. The van der Waals surface area contributed by atoms with Gasteiger partial charge in [-0.1, -0.05) is 25.2 Å². The quantitative estimate of drug-likeness (QED) is 0.894. The molecular formula is C11H19ClN4OS. The lowest BCUT2D eigenvalue weighted by atomic mass is 9.99. The van der Waals surface area contributed by atoms with Crippen LogP contribution in [0.25, 0.3) is 0 Å². The molecule has 18 heavy (non-hydrogen) atoms. The molecule has 0 saturated carbocycles. The topological polar surface area (TPSA) is 66.9 Å². The van der Waals surface area contributed by atoms with E-state index in [4.69, 9.17) is 0 Å².